The molecule has 2 aliphatic carbocycles. The molecule has 1 fully saturated rings. The molecule has 89 valence electrons. The van der Waals surface area contributed by atoms with Gasteiger partial charge in [-0.05, 0) is 31.1 Å². The Balaban J connectivity index is 2.00. The van der Waals surface area contributed by atoms with Gasteiger partial charge < -0.3 is 0 Å². The maximum atomic E-state index is 2.40. The number of hydrogen-bond acceptors (Lipinski definition) is 0. The molecule has 1 atom stereocenters. The molecule has 0 saturated heterocycles. The van der Waals surface area contributed by atoms with Crippen LogP contribution in [0.25, 0.3) is 0 Å². The van der Waals surface area contributed by atoms with Crippen molar-refractivity contribution >= 4 is 0 Å². The molecule has 0 amide bonds. The van der Waals surface area contributed by atoms with Gasteiger partial charge in [-0.1, -0.05) is 62.8 Å². The van der Waals surface area contributed by atoms with Crippen molar-refractivity contribution in [3.8, 4) is 0 Å². The van der Waals surface area contributed by atoms with Crippen LogP contribution in [-0.4, -0.2) is 0 Å². The Morgan fingerprint density at radius 1 is 1.25 bits per heavy atom. The molecule has 1 unspecified atom stereocenters. The van der Waals surface area contributed by atoms with E-state index in [1.54, 1.807) is 5.57 Å². The lowest BCUT2D eigenvalue weighted by Gasteiger charge is -2.28. The molecule has 0 aromatic carbocycles. The Bertz CT molecular complexity index is 287. The summed E-state index contributed by atoms with van der Waals surface area (Å²) in [5.74, 6) is 2.73. The summed E-state index contributed by atoms with van der Waals surface area (Å²) in [7, 11) is 0. The Hall–Kier alpha value is -0.520. The van der Waals surface area contributed by atoms with Crippen molar-refractivity contribution in [3.63, 3.8) is 0 Å². The van der Waals surface area contributed by atoms with Crippen LogP contribution in [0, 0.1) is 24.2 Å². The zero-order valence-corrected chi connectivity index (χ0v) is 11.0. The first kappa shape index (κ1) is 12.0. The van der Waals surface area contributed by atoms with Crippen LogP contribution in [0.2, 0.25) is 0 Å². The highest BCUT2D eigenvalue weighted by atomic mass is 14.3. The quantitative estimate of drug-likeness (QED) is 0.626. The van der Waals surface area contributed by atoms with Crippen molar-refractivity contribution in [2.75, 3.05) is 0 Å². The molecule has 0 bridgehead atoms. The highest BCUT2D eigenvalue weighted by Crippen LogP contribution is 2.40. The molecule has 0 N–H and O–H groups in total. The van der Waals surface area contributed by atoms with Crippen LogP contribution >= 0.6 is 0 Å². The SMILES string of the molecule is CC1=C(CC(C(C)C)C2CCCC2)[CH]C=C1. The number of rotatable bonds is 4. The minimum atomic E-state index is 0.831. The van der Waals surface area contributed by atoms with Crippen LogP contribution < -0.4 is 0 Å². The van der Waals surface area contributed by atoms with Crippen molar-refractivity contribution in [1.82, 2.24) is 0 Å². The van der Waals surface area contributed by atoms with E-state index in [0.717, 1.165) is 17.8 Å². The van der Waals surface area contributed by atoms with Gasteiger partial charge in [-0.2, -0.15) is 0 Å². The largest absolute Gasteiger partial charge is 0.0761 e. The monoisotopic (exact) mass is 217 g/mol. The van der Waals surface area contributed by atoms with Gasteiger partial charge in [0, 0.05) is 6.42 Å². The molecule has 0 aromatic heterocycles. The Morgan fingerprint density at radius 3 is 2.44 bits per heavy atom. The lowest BCUT2D eigenvalue weighted by atomic mass is 9.77. The molecule has 16 heavy (non-hydrogen) atoms. The van der Waals surface area contributed by atoms with E-state index in [9.17, 15) is 0 Å². The average molecular weight is 217 g/mol. The molecule has 2 aliphatic rings. The minimum absolute atomic E-state index is 0.831. The summed E-state index contributed by atoms with van der Waals surface area (Å²) in [4.78, 5) is 0. The summed E-state index contributed by atoms with van der Waals surface area (Å²) in [5, 5.41) is 0. The molecule has 0 nitrogen and oxygen atoms in total. The predicted octanol–water partition coefficient (Wildman–Crippen LogP) is 4.93. The van der Waals surface area contributed by atoms with Gasteiger partial charge in [0.05, 0.1) is 0 Å². The van der Waals surface area contributed by atoms with Crippen molar-refractivity contribution in [2.45, 2.75) is 52.9 Å². The van der Waals surface area contributed by atoms with Crippen LogP contribution in [0.15, 0.2) is 23.3 Å². The molecule has 0 spiro atoms. The molecule has 0 heterocycles. The van der Waals surface area contributed by atoms with Gasteiger partial charge >= 0.3 is 0 Å². The Kier molecular flexibility index (Phi) is 3.89. The fourth-order valence-corrected chi connectivity index (χ4v) is 3.36. The van der Waals surface area contributed by atoms with Gasteiger partial charge in [-0.3, -0.25) is 0 Å². The van der Waals surface area contributed by atoms with Crippen molar-refractivity contribution < 1.29 is 0 Å². The number of allylic oxidation sites excluding steroid dienone is 4. The van der Waals surface area contributed by atoms with Crippen molar-refractivity contribution in [2.24, 2.45) is 17.8 Å². The van der Waals surface area contributed by atoms with Gasteiger partial charge in [0.2, 0.25) is 0 Å². The van der Waals surface area contributed by atoms with Gasteiger partial charge in [-0.25, -0.2) is 0 Å². The minimum Gasteiger partial charge on any atom is -0.0761 e. The van der Waals surface area contributed by atoms with Crippen LogP contribution in [0.1, 0.15) is 52.9 Å². The summed E-state index contributed by atoms with van der Waals surface area (Å²) in [6, 6.07) is 0. The normalized spacial score (nSPS) is 23.8. The zero-order chi connectivity index (χ0) is 11.5. The molecule has 0 aliphatic heterocycles. The highest BCUT2D eigenvalue weighted by Gasteiger charge is 2.28. The lowest BCUT2D eigenvalue weighted by molar-refractivity contribution is 0.255. The average Bonchev–Trinajstić information content (AvgIpc) is 2.85. The fraction of sp³-hybridized carbons (Fsp3) is 0.688. The van der Waals surface area contributed by atoms with Crippen LogP contribution in [0.5, 0.6) is 0 Å². The van der Waals surface area contributed by atoms with E-state index < -0.39 is 0 Å². The van der Waals surface area contributed by atoms with E-state index in [1.807, 2.05) is 0 Å². The van der Waals surface area contributed by atoms with E-state index in [-0.39, 0.29) is 0 Å². The summed E-state index contributed by atoms with van der Waals surface area (Å²) in [5.41, 5.74) is 3.08. The van der Waals surface area contributed by atoms with Gasteiger partial charge in [0.1, 0.15) is 0 Å². The summed E-state index contributed by atoms with van der Waals surface area (Å²) in [6.45, 7) is 7.06. The van der Waals surface area contributed by atoms with Gasteiger partial charge in [0.25, 0.3) is 0 Å². The molecular formula is C16H25. The van der Waals surface area contributed by atoms with Crippen molar-refractivity contribution in [3.05, 3.63) is 29.7 Å². The smallest absolute Gasteiger partial charge is 0.00864 e. The van der Waals surface area contributed by atoms with Crippen LogP contribution in [0.4, 0.5) is 0 Å². The highest BCUT2D eigenvalue weighted by molar-refractivity contribution is 5.40. The second-order valence-electron chi connectivity index (χ2n) is 5.89. The van der Waals surface area contributed by atoms with E-state index in [4.69, 9.17) is 0 Å². The molecule has 1 radical (unpaired) electrons. The first-order valence-electron chi connectivity index (χ1n) is 6.89. The molecule has 0 aromatic rings. The third kappa shape index (κ3) is 2.59. The molecule has 2 rings (SSSR count). The molecule has 0 heteroatoms. The maximum Gasteiger partial charge on any atom is 0.00864 e. The summed E-state index contributed by atoms with van der Waals surface area (Å²) < 4.78 is 0. The van der Waals surface area contributed by atoms with E-state index in [0.29, 0.717) is 0 Å². The summed E-state index contributed by atoms with van der Waals surface area (Å²) >= 11 is 0. The molecule has 1 saturated carbocycles. The zero-order valence-electron chi connectivity index (χ0n) is 11.0. The lowest BCUT2D eigenvalue weighted by Crippen LogP contribution is -2.18. The Labute approximate surface area is 101 Å². The third-order valence-electron chi connectivity index (χ3n) is 4.47. The molecular weight excluding hydrogens is 192 g/mol. The van der Waals surface area contributed by atoms with Crippen LogP contribution in [-0.2, 0) is 0 Å². The Morgan fingerprint density at radius 2 is 1.94 bits per heavy atom. The predicted molar refractivity (Wildman–Crippen MR) is 71.0 cm³/mol. The van der Waals surface area contributed by atoms with Gasteiger partial charge in [-0.15, -0.1) is 0 Å². The topological polar surface area (TPSA) is 0 Å². The first-order chi connectivity index (χ1) is 7.68. The third-order valence-corrected chi connectivity index (χ3v) is 4.47. The van der Waals surface area contributed by atoms with E-state index in [2.05, 4.69) is 39.3 Å². The summed E-state index contributed by atoms with van der Waals surface area (Å²) in [6.07, 6.45) is 14.0. The van der Waals surface area contributed by atoms with Crippen molar-refractivity contribution in [1.29, 1.82) is 0 Å². The standard InChI is InChI=1S/C16H25/c1-12(2)16(14-8-4-5-9-14)11-15-10-6-7-13(15)3/h6-7,10,12,14,16H,4-5,8-9,11H2,1-3H3. The number of hydrogen-bond donors (Lipinski definition) is 0. The maximum absolute atomic E-state index is 2.40. The van der Waals surface area contributed by atoms with Crippen LogP contribution in [0.3, 0.4) is 0 Å². The fourth-order valence-electron chi connectivity index (χ4n) is 3.36. The van der Waals surface area contributed by atoms with E-state index in [1.165, 1.54) is 37.7 Å². The second kappa shape index (κ2) is 5.21. The second-order valence-corrected chi connectivity index (χ2v) is 5.89. The van der Waals surface area contributed by atoms with E-state index >= 15 is 0 Å². The van der Waals surface area contributed by atoms with Gasteiger partial charge in [0.15, 0.2) is 0 Å². The first-order valence-corrected chi connectivity index (χ1v) is 6.89.